The molecule has 0 aliphatic rings. The normalized spacial score (nSPS) is 10.9. The molecule has 0 atom stereocenters. The van der Waals surface area contributed by atoms with Gasteiger partial charge in [0.1, 0.15) is 18.2 Å². The number of rotatable bonds is 7. The van der Waals surface area contributed by atoms with Crippen molar-refractivity contribution in [2.75, 3.05) is 5.32 Å². The van der Waals surface area contributed by atoms with E-state index in [0.29, 0.717) is 29.4 Å². The van der Waals surface area contributed by atoms with Gasteiger partial charge >= 0.3 is 0 Å². The topological polar surface area (TPSA) is 92.8 Å². The lowest BCUT2D eigenvalue weighted by Crippen LogP contribution is -2.13. The Hall–Kier alpha value is -3.52. The number of anilines is 1. The van der Waals surface area contributed by atoms with Gasteiger partial charge in [0.2, 0.25) is 0 Å². The quantitative estimate of drug-likeness (QED) is 0.445. The van der Waals surface area contributed by atoms with Gasteiger partial charge in [-0.25, -0.2) is 9.97 Å². The van der Waals surface area contributed by atoms with E-state index in [2.05, 4.69) is 25.5 Å². The third-order valence-electron chi connectivity index (χ3n) is 4.43. The maximum absolute atomic E-state index is 12.9. The molecule has 0 spiro atoms. The van der Waals surface area contributed by atoms with Crippen molar-refractivity contribution in [1.82, 2.24) is 20.2 Å². The predicted octanol–water partition coefficient (Wildman–Crippen LogP) is 4.88. The number of nitrogens with zero attached hydrogens (tertiary/aromatic N) is 3. The van der Waals surface area contributed by atoms with Crippen molar-refractivity contribution in [1.29, 1.82) is 0 Å². The highest BCUT2D eigenvalue weighted by Crippen LogP contribution is 2.26. The molecule has 2 aromatic heterocycles. The minimum atomic E-state index is -0.235. The summed E-state index contributed by atoms with van der Waals surface area (Å²) >= 11 is 1.52. The van der Waals surface area contributed by atoms with Crippen LogP contribution < -0.4 is 10.1 Å². The summed E-state index contributed by atoms with van der Waals surface area (Å²) < 4.78 is 5.75. The largest absolute Gasteiger partial charge is 0.487 e. The van der Waals surface area contributed by atoms with Crippen LogP contribution >= 0.6 is 11.3 Å². The SMILES string of the molecule is CC(C)c1nc(-c2ccccc2NC(=O)c2cccc(OCc3cscn3)c2)n[nH]1. The molecule has 0 saturated carbocycles. The van der Waals surface area contributed by atoms with Crippen LogP contribution in [0.1, 0.15) is 41.6 Å². The first kappa shape index (κ1) is 19.8. The van der Waals surface area contributed by atoms with Crippen LogP contribution in [-0.2, 0) is 6.61 Å². The van der Waals surface area contributed by atoms with Crippen molar-refractivity contribution < 1.29 is 9.53 Å². The minimum Gasteiger partial charge on any atom is -0.487 e. The highest BCUT2D eigenvalue weighted by atomic mass is 32.1. The minimum absolute atomic E-state index is 0.235. The standard InChI is InChI=1S/C22H21N5O2S/c1-14(2)20-25-21(27-26-20)18-8-3-4-9-19(18)24-22(28)15-6-5-7-17(10-15)29-11-16-12-30-13-23-16/h3-10,12-14H,11H2,1-2H3,(H,24,28)(H,25,26,27). The number of carbonyl (C=O) groups is 1. The van der Waals surface area contributed by atoms with Crippen LogP contribution in [0.4, 0.5) is 5.69 Å². The van der Waals surface area contributed by atoms with E-state index in [1.807, 2.05) is 49.6 Å². The lowest BCUT2D eigenvalue weighted by atomic mass is 10.1. The summed E-state index contributed by atoms with van der Waals surface area (Å²) in [4.78, 5) is 21.6. The van der Waals surface area contributed by atoms with E-state index in [0.717, 1.165) is 17.1 Å². The fourth-order valence-electron chi connectivity index (χ4n) is 2.83. The Morgan fingerprint density at radius 2 is 2.07 bits per heavy atom. The average Bonchev–Trinajstić information content (AvgIpc) is 3.45. The summed E-state index contributed by atoms with van der Waals surface area (Å²) in [6.07, 6.45) is 0. The number of hydrogen-bond donors (Lipinski definition) is 2. The van der Waals surface area contributed by atoms with Gasteiger partial charge in [-0.3, -0.25) is 9.89 Å². The Bertz CT molecular complexity index is 1140. The summed E-state index contributed by atoms with van der Waals surface area (Å²) in [6, 6.07) is 14.5. The van der Waals surface area contributed by atoms with Gasteiger partial charge in [0.15, 0.2) is 5.82 Å². The highest BCUT2D eigenvalue weighted by Gasteiger charge is 2.15. The fraction of sp³-hybridized carbons (Fsp3) is 0.182. The molecular weight excluding hydrogens is 398 g/mol. The molecule has 1 amide bonds. The maximum atomic E-state index is 12.9. The van der Waals surface area contributed by atoms with Crippen LogP contribution in [0.3, 0.4) is 0 Å². The van der Waals surface area contributed by atoms with E-state index in [1.165, 1.54) is 11.3 Å². The number of H-pyrrole nitrogens is 1. The molecule has 7 nitrogen and oxygen atoms in total. The summed E-state index contributed by atoms with van der Waals surface area (Å²) in [7, 11) is 0. The number of benzene rings is 2. The van der Waals surface area contributed by atoms with Crippen molar-refractivity contribution >= 4 is 22.9 Å². The van der Waals surface area contributed by atoms with Gasteiger partial charge in [0.05, 0.1) is 16.9 Å². The second kappa shape index (κ2) is 8.87. The number of para-hydroxylation sites is 1. The summed E-state index contributed by atoms with van der Waals surface area (Å²) in [5.74, 6) is 1.96. The van der Waals surface area contributed by atoms with E-state index in [4.69, 9.17) is 4.74 Å². The van der Waals surface area contributed by atoms with Crippen LogP contribution in [0, 0.1) is 0 Å². The van der Waals surface area contributed by atoms with E-state index in [-0.39, 0.29) is 11.8 Å². The van der Waals surface area contributed by atoms with E-state index < -0.39 is 0 Å². The van der Waals surface area contributed by atoms with Gasteiger partial charge in [0.25, 0.3) is 5.91 Å². The third-order valence-corrected chi connectivity index (χ3v) is 5.07. The summed E-state index contributed by atoms with van der Waals surface area (Å²) in [5.41, 5.74) is 4.52. The van der Waals surface area contributed by atoms with Crippen LogP contribution in [0.25, 0.3) is 11.4 Å². The zero-order valence-electron chi connectivity index (χ0n) is 16.6. The first-order valence-corrected chi connectivity index (χ1v) is 10.5. The molecule has 0 radical (unpaired) electrons. The number of carbonyl (C=O) groups excluding carboxylic acids is 1. The first-order chi connectivity index (χ1) is 14.6. The van der Waals surface area contributed by atoms with Crippen molar-refractivity contribution in [3.8, 4) is 17.1 Å². The summed E-state index contributed by atoms with van der Waals surface area (Å²) in [6.45, 7) is 4.45. The van der Waals surface area contributed by atoms with Crippen molar-refractivity contribution in [3.63, 3.8) is 0 Å². The zero-order chi connectivity index (χ0) is 20.9. The van der Waals surface area contributed by atoms with E-state index in [9.17, 15) is 4.79 Å². The Labute approximate surface area is 178 Å². The molecule has 2 N–H and O–H groups in total. The van der Waals surface area contributed by atoms with Crippen LogP contribution in [0.5, 0.6) is 5.75 Å². The highest BCUT2D eigenvalue weighted by molar-refractivity contribution is 7.07. The predicted molar refractivity (Wildman–Crippen MR) is 117 cm³/mol. The molecule has 0 unspecified atom stereocenters. The second-order valence-electron chi connectivity index (χ2n) is 6.99. The number of aromatic amines is 1. The van der Waals surface area contributed by atoms with Gasteiger partial charge in [-0.2, -0.15) is 5.10 Å². The van der Waals surface area contributed by atoms with Gasteiger partial charge < -0.3 is 10.1 Å². The van der Waals surface area contributed by atoms with Gasteiger partial charge in [-0.05, 0) is 30.3 Å². The smallest absolute Gasteiger partial charge is 0.255 e. The molecule has 30 heavy (non-hydrogen) atoms. The van der Waals surface area contributed by atoms with Gasteiger partial charge in [-0.15, -0.1) is 11.3 Å². The monoisotopic (exact) mass is 419 g/mol. The van der Waals surface area contributed by atoms with E-state index >= 15 is 0 Å². The molecule has 2 heterocycles. The lowest BCUT2D eigenvalue weighted by Gasteiger charge is -2.10. The molecule has 0 aliphatic carbocycles. The number of aromatic nitrogens is 4. The van der Waals surface area contributed by atoms with Crippen LogP contribution in [-0.4, -0.2) is 26.1 Å². The van der Waals surface area contributed by atoms with Gasteiger partial charge in [0, 0.05) is 22.4 Å². The molecule has 2 aromatic carbocycles. The summed E-state index contributed by atoms with van der Waals surface area (Å²) in [5, 5.41) is 12.1. The maximum Gasteiger partial charge on any atom is 0.255 e. The molecule has 152 valence electrons. The Morgan fingerprint density at radius 3 is 2.83 bits per heavy atom. The molecule has 0 aliphatic heterocycles. The Morgan fingerprint density at radius 1 is 1.20 bits per heavy atom. The fourth-order valence-corrected chi connectivity index (χ4v) is 3.37. The van der Waals surface area contributed by atoms with E-state index in [1.54, 1.807) is 23.7 Å². The molecule has 0 bridgehead atoms. The van der Waals surface area contributed by atoms with Crippen molar-refractivity contribution in [3.05, 3.63) is 76.5 Å². The Kier molecular flexibility index (Phi) is 5.85. The molecule has 8 heteroatoms. The third kappa shape index (κ3) is 4.55. The number of nitrogens with one attached hydrogen (secondary N) is 2. The van der Waals surface area contributed by atoms with Crippen molar-refractivity contribution in [2.45, 2.75) is 26.4 Å². The van der Waals surface area contributed by atoms with Gasteiger partial charge in [-0.1, -0.05) is 32.0 Å². The first-order valence-electron chi connectivity index (χ1n) is 9.53. The van der Waals surface area contributed by atoms with Crippen molar-refractivity contribution in [2.24, 2.45) is 0 Å². The average molecular weight is 420 g/mol. The molecule has 4 aromatic rings. The number of amides is 1. The second-order valence-corrected chi connectivity index (χ2v) is 7.71. The molecule has 0 saturated heterocycles. The van der Waals surface area contributed by atoms with Crippen LogP contribution in [0.15, 0.2) is 59.4 Å². The Balaban J connectivity index is 1.51. The molecular formula is C22H21N5O2S. The number of ether oxygens (including phenoxy) is 1. The molecule has 4 rings (SSSR count). The number of hydrogen-bond acceptors (Lipinski definition) is 6. The molecule has 0 fully saturated rings. The lowest BCUT2D eigenvalue weighted by molar-refractivity contribution is 0.102. The zero-order valence-corrected chi connectivity index (χ0v) is 17.4. The van der Waals surface area contributed by atoms with Crippen LogP contribution in [0.2, 0.25) is 0 Å². The number of thiazole rings is 1.